The number of anilines is 1. The van der Waals surface area contributed by atoms with E-state index < -0.39 is 24.7 Å². The van der Waals surface area contributed by atoms with Crippen LogP contribution in [-0.2, 0) is 11.3 Å². The van der Waals surface area contributed by atoms with Crippen molar-refractivity contribution in [3.05, 3.63) is 36.3 Å². The minimum Gasteiger partial charge on any atom is -0.311 e. The Balaban J connectivity index is 2.36. The molecule has 0 unspecified atom stereocenters. The van der Waals surface area contributed by atoms with E-state index in [1.807, 2.05) is 0 Å². The van der Waals surface area contributed by atoms with E-state index >= 15 is 0 Å². The Morgan fingerprint density at radius 1 is 1.35 bits per heavy atom. The van der Waals surface area contributed by atoms with Gasteiger partial charge >= 0.3 is 0 Å². The Kier molecular flexibility index (Phi) is 4.07. The Morgan fingerprint density at radius 2 is 2.00 bits per heavy atom. The van der Waals surface area contributed by atoms with Crippen LogP contribution < -0.4 is 5.32 Å². The van der Waals surface area contributed by atoms with Gasteiger partial charge in [0.1, 0.15) is 5.82 Å². The quantitative estimate of drug-likeness (QED) is 0.937. The maximum Gasteiger partial charge on any atom is 0.256 e. The Morgan fingerprint density at radius 3 is 2.55 bits per heavy atom. The first kappa shape index (κ1) is 14.1. The molecular weight excluding hydrogens is 271 g/mol. The molecule has 1 amide bonds. The van der Waals surface area contributed by atoms with E-state index in [4.69, 9.17) is 0 Å². The number of carbonyl (C=O) groups is 1. The monoisotopic (exact) mass is 283 g/mol. The minimum atomic E-state index is -2.57. The van der Waals surface area contributed by atoms with E-state index in [1.165, 1.54) is 37.4 Å². The second kappa shape index (κ2) is 5.77. The predicted octanol–water partition coefficient (Wildman–Crippen LogP) is 2.91. The number of rotatable bonds is 4. The number of carbonyl (C=O) groups excluding carboxylic acids is 1. The SMILES string of the molecule is CC(=O)Nc1nc(-c2ccc(F)cc2)cn1CC(F)F. The fourth-order valence-electron chi connectivity index (χ4n) is 1.72. The predicted molar refractivity (Wildman–Crippen MR) is 67.9 cm³/mol. The van der Waals surface area contributed by atoms with Crippen LogP contribution in [0.5, 0.6) is 0 Å². The summed E-state index contributed by atoms with van der Waals surface area (Å²) in [6, 6.07) is 5.48. The molecule has 106 valence electrons. The van der Waals surface area contributed by atoms with Crippen LogP contribution in [0.15, 0.2) is 30.5 Å². The van der Waals surface area contributed by atoms with Crippen molar-refractivity contribution < 1.29 is 18.0 Å². The molecule has 1 N–H and O–H groups in total. The topological polar surface area (TPSA) is 46.9 Å². The molecule has 2 rings (SSSR count). The van der Waals surface area contributed by atoms with Crippen LogP contribution in [0.25, 0.3) is 11.3 Å². The lowest BCUT2D eigenvalue weighted by Crippen LogP contribution is -2.14. The van der Waals surface area contributed by atoms with Crippen molar-refractivity contribution in [3.8, 4) is 11.3 Å². The van der Waals surface area contributed by atoms with Gasteiger partial charge < -0.3 is 4.57 Å². The van der Waals surface area contributed by atoms with Crippen molar-refractivity contribution in [3.63, 3.8) is 0 Å². The fraction of sp³-hybridized carbons (Fsp3) is 0.231. The third kappa shape index (κ3) is 3.37. The van der Waals surface area contributed by atoms with Crippen LogP contribution in [0.1, 0.15) is 6.92 Å². The van der Waals surface area contributed by atoms with Crippen LogP contribution in [0.4, 0.5) is 19.1 Å². The van der Waals surface area contributed by atoms with E-state index in [2.05, 4.69) is 10.3 Å². The number of aromatic nitrogens is 2. The molecular formula is C13H12F3N3O. The van der Waals surface area contributed by atoms with Gasteiger partial charge in [-0.15, -0.1) is 0 Å². The van der Waals surface area contributed by atoms with Crippen molar-refractivity contribution in [1.82, 2.24) is 9.55 Å². The number of halogens is 3. The summed E-state index contributed by atoms with van der Waals surface area (Å²) < 4.78 is 39.0. The summed E-state index contributed by atoms with van der Waals surface area (Å²) in [7, 11) is 0. The van der Waals surface area contributed by atoms with Gasteiger partial charge in [0.15, 0.2) is 0 Å². The molecule has 1 heterocycles. The Hall–Kier alpha value is -2.31. The number of nitrogens with zero attached hydrogens (tertiary/aromatic N) is 2. The molecule has 4 nitrogen and oxygen atoms in total. The van der Waals surface area contributed by atoms with E-state index in [0.717, 1.165) is 4.57 Å². The van der Waals surface area contributed by atoms with E-state index in [0.29, 0.717) is 11.3 Å². The molecule has 0 atom stereocenters. The van der Waals surface area contributed by atoms with Gasteiger partial charge in [0.05, 0.1) is 12.2 Å². The zero-order valence-electron chi connectivity index (χ0n) is 10.6. The molecule has 0 aliphatic heterocycles. The number of amides is 1. The average Bonchev–Trinajstić information content (AvgIpc) is 2.71. The van der Waals surface area contributed by atoms with Gasteiger partial charge in [0.2, 0.25) is 11.9 Å². The largest absolute Gasteiger partial charge is 0.311 e. The third-order valence-electron chi connectivity index (χ3n) is 2.54. The van der Waals surface area contributed by atoms with Gasteiger partial charge in [0.25, 0.3) is 6.43 Å². The van der Waals surface area contributed by atoms with Crippen LogP contribution in [0.2, 0.25) is 0 Å². The van der Waals surface area contributed by atoms with Crippen LogP contribution in [0.3, 0.4) is 0 Å². The molecule has 0 radical (unpaired) electrons. The molecule has 0 aliphatic rings. The molecule has 1 aromatic carbocycles. The molecule has 7 heteroatoms. The number of hydrogen-bond acceptors (Lipinski definition) is 2. The standard InChI is InChI=1S/C13H12F3N3O/c1-8(20)17-13-18-11(6-19(13)7-12(15)16)9-2-4-10(14)5-3-9/h2-6,12H,7H2,1H3,(H,17,18,20). The first-order valence-corrected chi connectivity index (χ1v) is 5.84. The minimum absolute atomic E-state index is 0.0390. The van der Waals surface area contributed by atoms with E-state index in [1.54, 1.807) is 0 Å². The van der Waals surface area contributed by atoms with Crippen LogP contribution in [-0.4, -0.2) is 21.9 Å². The summed E-state index contributed by atoms with van der Waals surface area (Å²) in [5.41, 5.74) is 0.959. The molecule has 0 aliphatic carbocycles. The number of nitrogens with one attached hydrogen (secondary N) is 1. The molecule has 0 spiro atoms. The lowest BCUT2D eigenvalue weighted by atomic mass is 10.2. The molecule has 0 saturated carbocycles. The zero-order chi connectivity index (χ0) is 14.7. The highest BCUT2D eigenvalue weighted by Crippen LogP contribution is 2.22. The second-order valence-electron chi connectivity index (χ2n) is 4.18. The van der Waals surface area contributed by atoms with Gasteiger partial charge in [-0.1, -0.05) is 0 Å². The normalized spacial score (nSPS) is 10.8. The molecule has 0 saturated heterocycles. The Bertz CT molecular complexity index is 608. The highest BCUT2D eigenvalue weighted by atomic mass is 19.3. The van der Waals surface area contributed by atoms with Crippen molar-refractivity contribution in [2.24, 2.45) is 0 Å². The Labute approximate surface area is 113 Å². The van der Waals surface area contributed by atoms with Crippen molar-refractivity contribution in [2.45, 2.75) is 19.9 Å². The summed E-state index contributed by atoms with van der Waals surface area (Å²) in [5.74, 6) is -0.767. The van der Waals surface area contributed by atoms with Crippen LogP contribution >= 0.6 is 0 Å². The molecule has 0 fully saturated rings. The highest BCUT2D eigenvalue weighted by molar-refractivity contribution is 5.87. The lowest BCUT2D eigenvalue weighted by molar-refractivity contribution is -0.114. The maximum atomic E-state index is 12.8. The van der Waals surface area contributed by atoms with Crippen molar-refractivity contribution in [2.75, 3.05) is 5.32 Å². The zero-order valence-corrected chi connectivity index (χ0v) is 10.6. The van der Waals surface area contributed by atoms with Crippen LogP contribution in [0, 0.1) is 5.82 Å². The molecule has 0 bridgehead atoms. The first-order chi connectivity index (χ1) is 9.45. The number of imidazole rings is 1. The van der Waals surface area contributed by atoms with Gasteiger partial charge in [-0.2, -0.15) is 0 Å². The van der Waals surface area contributed by atoms with Gasteiger partial charge in [-0.25, -0.2) is 18.2 Å². The molecule has 1 aromatic heterocycles. The number of benzene rings is 1. The summed E-state index contributed by atoms with van der Waals surface area (Å²) in [4.78, 5) is 15.1. The van der Waals surface area contributed by atoms with Gasteiger partial charge in [-0.05, 0) is 24.3 Å². The second-order valence-corrected chi connectivity index (χ2v) is 4.18. The molecule has 20 heavy (non-hydrogen) atoms. The van der Waals surface area contributed by atoms with Crippen molar-refractivity contribution in [1.29, 1.82) is 0 Å². The maximum absolute atomic E-state index is 12.8. The smallest absolute Gasteiger partial charge is 0.256 e. The summed E-state index contributed by atoms with van der Waals surface area (Å²) in [5, 5.41) is 2.39. The summed E-state index contributed by atoms with van der Waals surface area (Å²) in [6.07, 6.45) is -1.18. The van der Waals surface area contributed by atoms with Gasteiger partial charge in [-0.3, -0.25) is 10.1 Å². The van der Waals surface area contributed by atoms with E-state index in [-0.39, 0.29) is 5.95 Å². The lowest BCUT2D eigenvalue weighted by Gasteiger charge is -2.05. The van der Waals surface area contributed by atoms with Crippen molar-refractivity contribution >= 4 is 11.9 Å². The average molecular weight is 283 g/mol. The van der Waals surface area contributed by atoms with E-state index in [9.17, 15) is 18.0 Å². The summed E-state index contributed by atoms with van der Waals surface area (Å²) in [6.45, 7) is 0.683. The third-order valence-corrected chi connectivity index (χ3v) is 2.54. The molecule has 2 aromatic rings. The number of hydrogen-bond donors (Lipinski definition) is 1. The van der Waals surface area contributed by atoms with Gasteiger partial charge in [0, 0.05) is 18.7 Å². The first-order valence-electron chi connectivity index (χ1n) is 5.84. The highest BCUT2D eigenvalue weighted by Gasteiger charge is 2.14. The summed E-state index contributed by atoms with van der Waals surface area (Å²) >= 11 is 0. The number of alkyl halides is 2. The fourth-order valence-corrected chi connectivity index (χ4v) is 1.72.